The van der Waals surface area contributed by atoms with E-state index in [4.69, 9.17) is 0 Å². The molecule has 0 saturated carbocycles. The molecule has 0 spiro atoms. The number of hydrogen-bond acceptors (Lipinski definition) is 5. The third-order valence-corrected chi connectivity index (χ3v) is 4.50. The van der Waals surface area contributed by atoms with Crippen molar-refractivity contribution in [3.8, 4) is 5.82 Å². The molecule has 0 N–H and O–H groups in total. The number of aryl methyl sites for hydroxylation is 1. The van der Waals surface area contributed by atoms with Gasteiger partial charge in [-0.15, -0.1) is 5.10 Å². The van der Waals surface area contributed by atoms with Crippen molar-refractivity contribution in [1.82, 2.24) is 29.7 Å². The highest BCUT2D eigenvalue weighted by molar-refractivity contribution is 7.85. The third-order valence-electron chi connectivity index (χ3n) is 3.23. The maximum absolute atomic E-state index is 11.3. The van der Waals surface area contributed by atoms with E-state index in [0.29, 0.717) is 0 Å². The molecular formula is C11H16N6OS. The van der Waals surface area contributed by atoms with E-state index in [-0.39, 0.29) is 0 Å². The van der Waals surface area contributed by atoms with Crippen molar-refractivity contribution >= 4 is 10.8 Å². The van der Waals surface area contributed by atoms with E-state index in [1.807, 2.05) is 19.3 Å². The highest BCUT2D eigenvalue weighted by atomic mass is 32.2. The largest absolute Gasteiger partial charge is 0.296 e. The van der Waals surface area contributed by atoms with E-state index in [0.717, 1.165) is 42.7 Å². The van der Waals surface area contributed by atoms with Crippen LogP contribution in [0.1, 0.15) is 5.69 Å². The lowest BCUT2D eigenvalue weighted by Crippen LogP contribution is -2.37. The number of hydrogen-bond donors (Lipinski definition) is 0. The Balaban J connectivity index is 1.68. The van der Waals surface area contributed by atoms with Crippen LogP contribution in [0.4, 0.5) is 0 Å². The Hall–Kier alpha value is -1.54. The molecular weight excluding hydrogens is 264 g/mol. The average Bonchev–Trinajstić information content (AvgIpc) is 3.01. The lowest BCUT2D eigenvalue weighted by molar-refractivity contribution is 0.288. The topological polar surface area (TPSA) is 68.8 Å². The molecule has 0 radical (unpaired) electrons. The summed E-state index contributed by atoms with van der Waals surface area (Å²) in [4.78, 5) is 2.26. The monoisotopic (exact) mass is 280 g/mol. The van der Waals surface area contributed by atoms with Gasteiger partial charge >= 0.3 is 0 Å². The van der Waals surface area contributed by atoms with E-state index in [2.05, 4.69) is 20.3 Å². The Morgan fingerprint density at radius 2 is 2.16 bits per heavy atom. The molecule has 19 heavy (non-hydrogen) atoms. The maximum Gasteiger partial charge on any atom is 0.153 e. The first kappa shape index (κ1) is 12.5. The molecule has 0 atom stereocenters. The molecule has 0 bridgehead atoms. The van der Waals surface area contributed by atoms with Crippen LogP contribution in [-0.2, 0) is 24.4 Å². The van der Waals surface area contributed by atoms with Gasteiger partial charge < -0.3 is 0 Å². The van der Waals surface area contributed by atoms with Gasteiger partial charge in [-0.2, -0.15) is 5.10 Å². The summed E-state index contributed by atoms with van der Waals surface area (Å²) >= 11 is 0. The molecule has 102 valence electrons. The van der Waals surface area contributed by atoms with Gasteiger partial charge in [-0.3, -0.25) is 13.8 Å². The normalized spacial score (nSPS) is 17.9. The van der Waals surface area contributed by atoms with Crippen LogP contribution >= 0.6 is 0 Å². The predicted octanol–water partition coefficient (Wildman–Crippen LogP) is -0.435. The summed E-state index contributed by atoms with van der Waals surface area (Å²) in [6, 6.07) is 1.89. The lowest BCUT2D eigenvalue weighted by Gasteiger charge is -2.24. The highest BCUT2D eigenvalue weighted by Gasteiger charge is 2.16. The van der Waals surface area contributed by atoms with Crippen molar-refractivity contribution in [2.75, 3.05) is 24.6 Å². The second kappa shape index (κ2) is 5.22. The van der Waals surface area contributed by atoms with E-state index in [9.17, 15) is 4.21 Å². The van der Waals surface area contributed by atoms with Gasteiger partial charge in [-0.05, 0) is 0 Å². The Morgan fingerprint density at radius 3 is 2.84 bits per heavy atom. The molecule has 0 unspecified atom stereocenters. The molecule has 0 amide bonds. The highest BCUT2D eigenvalue weighted by Crippen LogP contribution is 2.08. The van der Waals surface area contributed by atoms with Crippen LogP contribution in [0.3, 0.4) is 0 Å². The van der Waals surface area contributed by atoms with Crippen molar-refractivity contribution in [2.45, 2.75) is 6.54 Å². The number of nitrogens with zero attached hydrogens (tertiary/aromatic N) is 6. The Morgan fingerprint density at radius 1 is 1.37 bits per heavy atom. The van der Waals surface area contributed by atoms with Crippen molar-refractivity contribution in [2.24, 2.45) is 7.05 Å². The summed E-state index contributed by atoms with van der Waals surface area (Å²) in [5.74, 6) is 2.41. The van der Waals surface area contributed by atoms with Gasteiger partial charge in [0.15, 0.2) is 5.82 Å². The van der Waals surface area contributed by atoms with Gasteiger partial charge in [-0.1, -0.05) is 5.21 Å². The van der Waals surface area contributed by atoms with Crippen molar-refractivity contribution in [1.29, 1.82) is 0 Å². The van der Waals surface area contributed by atoms with Gasteiger partial charge in [0.2, 0.25) is 0 Å². The fraction of sp³-hybridized carbons (Fsp3) is 0.545. The van der Waals surface area contributed by atoms with Gasteiger partial charge in [0.1, 0.15) is 0 Å². The molecule has 8 heteroatoms. The summed E-state index contributed by atoms with van der Waals surface area (Å²) in [5, 5.41) is 12.4. The molecule has 1 aliphatic heterocycles. The second-order valence-corrected chi connectivity index (χ2v) is 6.29. The van der Waals surface area contributed by atoms with E-state index in [1.165, 1.54) is 0 Å². The SMILES string of the molecule is Cn1nccc1-n1cc(CN2CCS(=O)CC2)nn1. The quantitative estimate of drug-likeness (QED) is 0.763. The molecule has 2 aromatic heterocycles. The van der Waals surface area contributed by atoms with Crippen molar-refractivity contribution < 1.29 is 4.21 Å². The average molecular weight is 280 g/mol. The smallest absolute Gasteiger partial charge is 0.153 e. The van der Waals surface area contributed by atoms with Crippen LogP contribution in [0.15, 0.2) is 18.5 Å². The Kier molecular flexibility index (Phi) is 3.43. The summed E-state index contributed by atoms with van der Waals surface area (Å²) in [5.41, 5.74) is 0.925. The van der Waals surface area contributed by atoms with Crippen molar-refractivity contribution in [3.63, 3.8) is 0 Å². The second-order valence-electron chi connectivity index (χ2n) is 4.59. The third kappa shape index (κ3) is 2.74. The Bertz CT molecular complexity index is 582. The van der Waals surface area contributed by atoms with Crippen molar-refractivity contribution in [3.05, 3.63) is 24.2 Å². The minimum atomic E-state index is -0.636. The molecule has 3 heterocycles. The van der Waals surface area contributed by atoms with E-state index >= 15 is 0 Å². The van der Waals surface area contributed by atoms with Crippen LogP contribution < -0.4 is 0 Å². The lowest BCUT2D eigenvalue weighted by atomic mass is 10.4. The minimum Gasteiger partial charge on any atom is -0.296 e. The van der Waals surface area contributed by atoms with E-state index in [1.54, 1.807) is 15.6 Å². The summed E-state index contributed by atoms with van der Waals surface area (Å²) < 4.78 is 14.8. The van der Waals surface area contributed by atoms with E-state index < -0.39 is 10.8 Å². The zero-order valence-electron chi connectivity index (χ0n) is 10.8. The fourth-order valence-electron chi connectivity index (χ4n) is 2.14. The van der Waals surface area contributed by atoms with Gasteiger partial charge in [0, 0.05) is 55.1 Å². The zero-order valence-corrected chi connectivity index (χ0v) is 11.6. The fourth-order valence-corrected chi connectivity index (χ4v) is 3.27. The van der Waals surface area contributed by atoms with Crippen LogP contribution in [0, 0.1) is 0 Å². The number of rotatable bonds is 3. The first-order valence-electron chi connectivity index (χ1n) is 6.19. The van der Waals surface area contributed by atoms with Crippen LogP contribution in [0.5, 0.6) is 0 Å². The molecule has 1 fully saturated rings. The maximum atomic E-state index is 11.3. The molecule has 0 aliphatic carbocycles. The molecule has 3 rings (SSSR count). The number of aromatic nitrogens is 5. The van der Waals surface area contributed by atoms with Gasteiger partial charge in [-0.25, -0.2) is 4.68 Å². The molecule has 7 nitrogen and oxygen atoms in total. The zero-order chi connectivity index (χ0) is 13.2. The van der Waals surface area contributed by atoms with Gasteiger partial charge in [0.25, 0.3) is 0 Å². The molecule has 0 aromatic carbocycles. The summed E-state index contributed by atoms with van der Waals surface area (Å²) in [7, 11) is 1.24. The van der Waals surface area contributed by atoms with Gasteiger partial charge in [0.05, 0.1) is 18.1 Å². The minimum absolute atomic E-state index is 0.636. The molecule has 1 aliphatic rings. The molecule has 2 aromatic rings. The standard InChI is InChI=1S/C11H16N6OS/c1-15-11(2-3-12-15)17-9-10(13-14-17)8-16-4-6-19(18)7-5-16/h2-3,9H,4-8H2,1H3. The Labute approximate surface area is 113 Å². The van der Waals surface area contributed by atoms with Crippen LogP contribution in [-0.4, -0.2) is 58.5 Å². The van der Waals surface area contributed by atoms with Crippen LogP contribution in [0.2, 0.25) is 0 Å². The summed E-state index contributed by atoms with van der Waals surface area (Å²) in [6.45, 7) is 2.49. The first-order valence-corrected chi connectivity index (χ1v) is 7.68. The first-order chi connectivity index (χ1) is 9.22. The predicted molar refractivity (Wildman–Crippen MR) is 71.3 cm³/mol. The summed E-state index contributed by atoms with van der Waals surface area (Å²) in [6.07, 6.45) is 3.65. The molecule has 1 saturated heterocycles. The van der Waals surface area contributed by atoms with Crippen LogP contribution in [0.25, 0.3) is 5.82 Å².